The summed E-state index contributed by atoms with van der Waals surface area (Å²) in [4.78, 5) is 27.5. The summed E-state index contributed by atoms with van der Waals surface area (Å²) >= 11 is 0. The minimum atomic E-state index is -0.954. The van der Waals surface area contributed by atoms with Gasteiger partial charge >= 0.3 is 5.97 Å². The lowest BCUT2D eigenvalue weighted by Crippen LogP contribution is -2.40. The highest BCUT2D eigenvalue weighted by atomic mass is 19.1. The van der Waals surface area contributed by atoms with Crippen LogP contribution in [0.15, 0.2) is 30.3 Å². The number of carboxylic acids is 1. The van der Waals surface area contributed by atoms with E-state index in [4.69, 9.17) is 4.74 Å². The van der Waals surface area contributed by atoms with Crippen LogP contribution in [0.1, 0.15) is 66.9 Å². The summed E-state index contributed by atoms with van der Waals surface area (Å²) in [7, 11) is 0. The number of carbonyl (C=O) groups excluding carboxylic acids is 1. The summed E-state index contributed by atoms with van der Waals surface area (Å²) in [5.41, 5.74) is 4.63. The molecule has 0 bridgehead atoms. The molecule has 7 heteroatoms. The molecule has 0 radical (unpaired) electrons. The second-order valence-corrected chi connectivity index (χ2v) is 10.1. The molecule has 1 spiro atoms. The molecule has 1 saturated carbocycles. The Bertz CT molecular complexity index is 1150. The van der Waals surface area contributed by atoms with Gasteiger partial charge in [0, 0.05) is 37.2 Å². The van der Waals surface area contributed by atoms with Crippen molar-refractivity contribution >= 4 is 23.3 Å². The SMILES string of the molecule is CCN(c1cc(-c2ccc3c(c2)C2(CCC(F)CC2)C(=O)N3)cc(C(=O)O)c1C)C1CCOCC1. The van der Waals surface area contributed by atoms with Crippen molar-refractivity contribution in [2.24, 2.45) is 0 Å². The standard InChI is InChI=1S/C28H33FN2O4/c1-3-31(21-8-12-35-13-9-21)25-16-19(14-22(17(25)2)26(32)33)18-4-5-24-23(15-18)28(27(34)30-24)10-6-20(29)7-11-28/h4-5,14-16,20-21H,3,6-13H2,1-2H3,(H,30,34)(H,32,33). The van der Waals surface area contributed by atoms with E-state index in [1.807, 2.05) is 25.1 Å². The smallest absolute Gasteiger partial charge is 0.336 e. The number of nitrogens with zero attached hydrogens (tertiary/aromatic N) is 1. The topological polar surface area (TPSA) is 78.9 Å². The van der Waals surface area contributed by atoms with Crippen LogP contribution in [-0.2, 0) is 14.9 Å². The quantitative estimate of drug-likeness (QED) is 0.594. The number of anilines is 2. The Kier molecular flexibility index (Phi) is 6.30. The molecule has 2 fully saturated rings. The Morgan fingerprint density at radius 2 is 1.86 bits per heavy atom. The second kappa shape index (κ2) is 9.26. The average molecular weight is 481 g/mol. The molecule has 2 N–H and O–H groups in total. The minimum absolute atomic E-state index is 0.0518. The molecule has 186 valence electrons. The van der Waals surface area contributed by atoms with Crippen LogP contribution in [0.3, 0.4) is 0 Å². The molecule has 2 aromatic rings. The van der Waals surface area contributed by atoms with Gasteiger partial charge in [-0.15, -0.1) is 0 Å². The summed E-state index contributed by atoms with van der Waals surface area (Å²) in [6, 6.07) is 9.95. The van der Waals surface area contributed by atoms with E-state index in [0.717, 1.165) is 53.0 Å². The summed E-state index contributed by atoms with van der Waals surface area (Å²) in [6.45, 7) is 6.16. The molecule has 1 aliphatic carbocycles. The third-order valence-corrected chi connectivity index (χ3v) is 8.21. The van der Waals surface area contributed by atoms with Gasteiger partial charge in [-0.05, 0) is 98.9 Å². The first-order valence-electron chi connectivity index (χ1n) is 12.7. The van der Waals surface area contributed by atoms with Crippen LogP contribution in [0, 0.1) is 6.92 Å². The van der Waals surface area contributed by atoms with Crippen LogP contribution in [0.5, 0.6) is 0 Å². The predicted octanol–water partition coefficient (Wildman–Crippen LogP) is 5.47. The summed E-state index contributed by atoms with van der Waals surface area (Å²) in [5, 5.41) is 13.0. The van der Waals surface area contributed by atoms with Crippen molar-refractivity contribution in [1.29, 1.82) is 0 Å². The van der Waals surface area contributed by atoms with E-state index in [1.54, 1.807) is 6.07 Å². The van der Waals surface area contributed by atoms with Crippen molar-refractivity contribution in [3.05, 3.63) is 47.0 Å². The van der Waals surface area contributed by atoms with Crippen LogP contribution in [-0.4, -0.2) is 49.0 Å². The highest BCUT2D eigenvalue weighted by molar-refractivity contribution is 6.07. The maximum absolute atomic E-state index is 13.9. The minimum Gasteiger partial charge on any atom is -0.478 e. The molecule has 2 aliphatic heterocycles. The fraction of sp³-hybridized carbons (Fsp3) is 0.500. The molecule has 3 aliphatic rings. The molecule has 1 saturated heterocycles. The van der Waals surface area contributed by atoms with E-state index in [2.05, 4.69) is 23.2 Å². The average Bonchev–Trinajstić information content (AvgIpc) is 3.13. The van der Waals surface area contributed by atoms with Crippen molar-refractivity contribution in [3.8, 4) is 11.1 Å². The lowest BCUT2D eigenvalue weighted by molar-refractivity contribution is -0.122. The molecule has 35 heavy (non-hydrogen) atoms. The maximum Gasteiger partial charge on any atom is 0.336 e. The molecule has 0 unspecified atom stereocenters. The first-order chi connectivity index (χ1) is 16.8. The number of amides is 1. The van der Waals surface area contributed by atoms with Gasteiger partial charge in [0.05, 0.1) is 11.0 Å². The molecule has 0 atom stereocenters. The Morgan fingerprint density at radius 1 is 1.14 bits per heavy atom. The summed E-state index contributed by atoms with van der Waals surface area (Å²) < 4.78 is 19.5. The Morgan fingerprint density at radius 3 is 2.51 bits per heavy atom. The van der Waals surface area contributed by atoms with Crippen molar-refractivity contribution < 1.29 is 23.8 Å². The second-order valence-electron chi connectivity index (χ2n) is 10.1. The van der Waals surface area contributed by atoms with E-state index in [0.29, 0.717) is 44.9 Å². The van der Waals surface area contributed by atoms with Gasteiger partial charge in [0.2, 0.25) is 5.91 Å². The molecule has 1 amide bonds. The third-order valence-electron chi connectivity index (χ3n) is 8.21. The fourth-order valence-corrected chi connectivity index (χ4v) is 6.17. The molecular formula is C28H33FN2O4. The predicted molar refractivity (Wildman–Crippen MR) is 134 cm³/mol. The van der Waals surface area contributed by atoms with Crippen LogP contribution in [0.25, 0.3) is 11.1 Å². The molecule has 0 aromatic heterocycles. The van der Waals surface area contributed by atoms with E-state index in [-0.39, 0.29) is 11.5 Å². The molecular weight excluding hydrogens is 447 g/mol. The van der Waals surface area contributed by atoms with Crippen LogP contribution < -0.4 is 10.2 Å². The summed E-state index contributed by atoms with van der Waals surface area (Å²) in [6.07, 6.45) is 2.70. The van der Waals surface area contributed by atoms with Gasteiger partial charge in [-0.1, -0.05) is 6.07 Å². The number of carboxylic acid groups (broad SMARTS) is 1. The highest BCUT2D eigenvalue weighted by Gasteiger charge is 2.48. The number of benzene rings is 2. The van der Waals surface area contributed by atoms with Gasteiger partial charge in [-0.2, -0.15) is 0 Å². The largest absolute Gasteiger partial charge is 0.478 e. The maximum atomic E-state index is 13.9. The van der Waals surface area contributed by atoms with Crippen molar-refractivity contribution in [2.45, 2.75) is 70.0 Å². The molecule has 5 rings (SSSR count). The van der Waals surface area contributed by atoms with Gasteiger partial charge in [-0.25, -0.2) is 9.18 Å². The summed E-state index contributed by atoms with van der Waals surface area (Å²) in [5.74, 6) is -1.01. The van der Waals surface area contributed by atoms with Crippen molar-refractivity contribution in [2.75, 3.05) is 30.0 Å². The lowest BCUT2D eigenvalue weighted by atomic mass is 9.69. The van der Waals surface area contributed by atoms with Gasteiger partial charge in [-0.3, -0.25) is 4.79 Å². The van der Waals surface area contributed by atoms with Gasteiger partial charge in [0.1, 0.15) is 6.17 Å². The van der Waals surface area contributed by atoms with Crippen molar-refractivity contribution in [1.82, 2.24) is 0 Å². The normalized spacial score (nSPS) is 24.3. The first-order valence-corrected chi connectivity index (χ1v) is 12.7. The number of aromatic carboxylic acids is 1. The van der Waals surface area contributed by atoms with Gasteiger partial charge in [0.25, 0.3) is 0 Å². The lowest BCUT2D eigenvalue weighted by Gasteiger charge is -2.37. The Labute approximate surface area is 205 Å². The van der Waals surface area contributed by atoms with Gasteiger partial charge < -0.3 is 20.1 Å². The number of rotatable bonds is 5. The molecule has 6 nitrogen and oxygen atoms in total. The Hall–Kier alpha value is -2.93. The molecule has 2 aromatic carbocycles. The fourth-order valence-electron chi connectivity index (χ4n) is 6.17. The number of carbonyl (C=O) groups is 2. The van der Waals surface area contributed by atoms with Crippen molar-refractivity contribution in [3.63, 3.8) is 0 Å². The Balaban J connectivity index is 1.60. The zero-order chi connectivity index (χ0) is 24.7. The van der Waals surface area contributed by atoms with E-state index in [9.17, 15) is 19.1 Å². The number of alkyl halides is 1. The number of halogens is 1. The number of nitrogens with one attached hydrogen (secondary N) is 1. The zero-order valence-corrected chi connectivity index (χ0v) is 20.4. The highest BCUT2D eigenvalue weighted by Crippen LogP contribution is 2.49. The molecule has 2 heterocycles. The van der Waals surface area contributed by atoms with Crippen LogP contribution in [0.4, 0.5) is 15.8 Å². The first kappa shape index (κ1) is 23.8. The van der Waals surface area contributed by atoms with E-state index < -0.39 is 17.6 Å². The number of hydrogen-bond donors (Lipinski definition) is 2. The van der Waals surface area contributed by atoms with E-state index >= 15 is 0 Å². The van der Waals surface area contributed by atoms with E-state index in [1.165, 1.54) is 0 Å². The van der Waals surface area contributed by atoms with Crippen LogP contribution >= 0.6 is 0 Å². The zero-order valence-electron chi connectivity index (χ0n) is 20.4. The monoisotopic (exact) mass is 480 g/mol. The number of hydrogen-bond acceptors (Lipinski definition) is 4. The van der Waals surface area contributed by atoms with Crippen LogP contribution in [0.2, 0.25) is 0 Å². The number of fused-ring (bicyclic) bond motifs is 2. The number of ether oxygens (including phenoxy) is 1. The third kappa shape index (κ3) is 4.10. The van der Waals surface area contributed by atoms with Gasteiger partial charge in [0.15, 0.2) is 0 Å².